The molecule has 2 amide bonds. The number of nitrogens with one attached hydrogen (secondary N) is 1. The summed E-state index contributed by atoms with van der Waals surface area (Å²) in [6.07, 6.45) is -5.67. The molecule has 0 saturated heterocycles. The van der Waals surface area contributed by atoms with Gasteiger partial charge in [0.1, 0.15) is 5.75 Å². The molecule has 3 N–H and O–H groups in total. The van der Waals surface area contributed by atoms with Crippen molar-refractivity contribution in [2.45, 2.75) is 18.8 Å². The van der Waals surface area contributed by atoms with Crippen LogP contribution in [0.4, 0.5) is 18.0 Å². The van der Waals surface area contributed by atoms with Crippen molar-refractivity contribution >= 4 is 12.0 Å². The molecule has 6 nitrogen and oxygen atoms in total. The number of carbonyl (C=O) groups excluding carboxylic acids is 2. The third-order valence-electron chi connectivity index (χ3n) is 2.36. The predicted octanol–water partition coefficient (Wildman–Crippen LogP) is 1.34. The van der Waals surface area contributed by atoms with Gasteiger partial charge in [-0.2, -0.15) is 0 Å². The molecule has 1 rings (SSSR count). The maximum atomic E-state index is 12.0. The quantitative estimate of drug-likeness (QED) is 0.876. The Kier molecular flexibility index (Phi) is 5.53. The van der Waals surface area contributed by atoms with Gasteiger partial charge in [0.05, 0.1) is 13.2 Å². The van der Waals surface area contributed by atoms with Gasteiger partial charge in [0.2, 0.25) is 5.91 Å². The summed E-state index contributed by atoms with van der Waals surface area (Å²) in [6, 6.07) is 3.85. The largest absolute Gasteiger partial charge is 0.573 e. The molecule has 0 heterocycles. The molecular weight excluding hydrogens is 293 g/mol. The van der Waals surface area contributed by atoms with Crippen LogP contribution in [0.3, 0.4) is 0 Å². The average molecular weight is 306 g/mol. The number of carbonyl (C=O) groups is 2. The highest BCUT2D eigenvalue weighted by atomic mass is 19.4. The first kappa shape index (κ1) is 16.8. The monoisotopic (exact) mass is 306 g/mol. The van der Waals surface area contributed by atoms with Gasteiger partial charge < -0.3 is 15.2 Å². The lowest BCUT2D eigenvalue weighted by Gasteiger charge is -2.12. The van der Waals surface area contributed by atoms with E-state index in [1.54, 1.807) is 0 Å². The number of alkyl carbamates (subject to hydrolysis) is 1. The van der Waals surface area contributed by atoms with Crippen LogP contribution in [0, 0.1) is 0 Å². The van der Waals surface area contributed by atoms with Crippen molar-refractivity contribution in [1.82, 2.24) is 5.32 Å². The zero-order valence-electron chi connectivity index (χ0n) is 10.9. The summed E-state index contributed by atoms with van der Waals surface area (Å²) in [5.41, 5.74) is 6.07. The van der Waals surface area contributed by atoms with Crippen molar-refractivity contribution in [1.29, 1.82) is 0 Å². The van der Waals surface area contributed by atoms with Crippen molar-refractivity contribution in [2.75, 3.05) is 7.11 Å². The van der Waals surface area contributed by atoms with Crippen LogP contribution in [0.5, 0.6) is 5.75 Å². The Bertz CT molecular complexity index is 502. The van der Waals surface area contributed by atoms with E-state index in [0.29, 0.717) is 5.56 Å². The summed E-state index contributed by atoms with van der Waals surface area (Å²) in [5, 5.41) is 1.89. The zero-order chi connectivity index (χ0) is 16.0. The van der Waals surface area contributed by atoms with Gasteiger partial charge in [-0.1, -0.05) is 12.1 Å². The minimum Gasteiger partial charge on any atom is -0.453 e. The number of ether oxygens (including phenoxy) is 2. The van der Waals surface area contributed by atoms with E-state index in [4.69, 9.17) is 5.73 Å². The van der Waals surface area contributed by atoms with E-state index in [-0.39, 0.29) is 12.2 Å². The summed E-state index contributed by atoms with van der Waals surface area (Å²) in [4.78, 5) is 22.3. The number of benzene rings is 1. The molecule has 0 unspecified atom stereocenters. The second kappa shape index (κ2) is 6.93. The van der Waals surface area contributed by atoms with E-state index < -0.39 is 24.4 Å². The smallest absolute Gasteiger partial charge is 0.453 e. The molecule has 0 fully saturated rings. The van der Waals surface area contributed by atoms with Gasteiger partial charge in [0.25, 0.3) is 0 Å². The number of amides is 2. The molecule has 21 heavy (non-hydrogen) atoms. The molecule has 0 radical (unpaired) electrons. The molecule has 9 heteroatoms. The Labute approximate surface area is 118 Å². The van der Waals surface area contributed by atoms with Gasteiger partial charge in [0.15, 0.2) is 0 Å². The Morgan fingerprint density at radius 3 is 2.33 bits per heavy atom. The standard InChI is InChI=1S/C12H13F3N2O4/c1-20-11(19)17-10(18)9(16)6-7-2-4-8(5-3-7)21-12(13,14)15/h2-5,9H,6,16H2,1H3,(H,17,18,19)/t9-/m0/s1. The minimum atomic E-state index is -4.77. The van der Waals surface area contributed by atoms with Crippen LogP contribution >= 0.6 is 0 Å². The molecule has 116 valence electrons. The van der Waals surface area contributed by atoms with Gasteiger partial charge in [-0.3, -0.25) is 10.1 Å². The second-order valence-electron chi connectivity index (χ2n) is 3.98. The molecule has 0 aliphatic rings. The fraction of sp³-hybridized carbons (Fsp3) is 0.333. The van der Waals surface area contributed by atoms with Crippen LogP contribution in [0.2, 0.25) is 0 Å². The third-order valence-corrected chi connectivity index (χ3v) is 2.36. The van der Waals surface area contributed by atoms with Crippen LogP contribution in [0.25, 0.3) is 0 Å². The lowest BCUT2D eigenvalue weighted by molar-refractivity contribution is -0.274. The van der Waals surface area contributed by atoms with Crippen molar-refractivity contribution in [3.63, 3.8) is 0 Å². The number of alkyl halides is 3. The van der Waals surface area contributed by atoms with E-state index >= 15 is 0 Å². The maximum absolute atomic E-state index is 12.0. The fourth-order valence-electron chi connectivity index (χ4n) is 1.42. The number of hydrogen-bond donors (Lipinski definition) is 2. The first-order valence-electron chi connectivity index (χ1n) is 5.70. The third kappa shape index (κ3) is 6.13. The molecule has 0 aliphatic heterocycles. The Balaban J connectivity index is 2.59. The highest BCUT2D eigenvalue weighted by Gasteiger charge is 2.31. The van der Waals surface area contributed by atoms with Gasteiger partial charge in [-0.05, 0) is 24.1 Å². The van der Waals surface area contributed by atoms with E-state index in [9.17, 15) is 22.8 Å². The summed E-state index contributed by atoms with van der Waals surface area (Å²) in [5.74, 6) is -1.13. The predicted molar refractivity (Wildman–Crippen MR) is 65.4 cm³/mol. The lowest BCUT2D eigenvalue weighted by Crippen LogP contribution is -2.44. The Morgan fingerprint density at radius 2 is 1.86 bits per heavy atom. The molecule has 0 aromatic heterocycles. The Hall–Kier alpha value is -2.29. The van der Waals surface area contributed by atoms with Gasteiger partial charge in [-0.25, -0.2) is 4.79 Å². The number of methoxy groups -OCH3 is 1. The fourth-order valence-corrected chi connectivity index (χ4v) is 1.42. The van der Waals surface area contributed by atoms with Gasteiger partial charge in [-0.15, -0.1) is 13.2 Å². The molecule has 0 bridgehead atoms. The number of imide groups is 1. The average Bonchev–Trinajstić information content (AvgIpc) is 2.39. The molecular formula is C12H13F3N2O4. The molecule has 1 aromatic rings. The van der Waals surface area contributed by atoms with E-state index in [0.717, 1.165) is 19.2 Å². The van der Waals surface area contributed by atoms with Gasteiger partial charge >= 0.3 is 12.5 Å². The summed E-state index contributed by atoms with van der Waals surface area (Å²) < 4.78 is 43.9. The minimum absolute atomic E-state index is 0.0368. The molecule has 1 aromatic carbocycles. The first-order chi connectivity index (χ1) is 9.71. The van der Waals surface area contributed by atoms with Crippen LogP contribution in [-0.2, 0) is 16.0 Å². The van der Waals surface area contributed by atoms with Crippen LogP contribution in [0.1, 0.15) is 5.56 Å². The summed E-state index contributed by atoms with van der Waals surface area (Å²) in [6.45, 7) is 0. The van der Waals surface area contributed by atoms with Crippen molar-refractivity contribution < 1.29 is 32.2 Å². The zero-order valence-corrected chi connectivity index (χ0v) is 10.9. The van der Waals surface area contributed by atoms with Crippen LogP contribution < -0.4 is 15.8 Å². The SMILES string of the molecule is COC(=O)NC(=O)[C@@H](N)Cc1ccc(OC(F)(F)F)cc1. The molecule has 0 aliphatic carbocycles. The van der Waals surface area contributed by atoms with Crippen molar-refractivity contribution in [2.24, 2.45) is 5.73 Å². The summed E-state index contributed by atoms with van der Waals surface area (Å²) >= 11 is 0. The van der Waals surface area contributed by atoms with Crippen LogP contribution in [-0.4, -0.2) is 31.5 Å². The van der Waals surface area contributed by atoms with Crippen molar-refractivity contribution in [3.05, 3.63) is 29.8 Å². The van der Waals surface area contributed by atoms with E-state index in [1.165, 1.54) is 12.1 Å². The summed E-state index contributed by atoms with van der Waals surface area (Å²) in [7, 11) is 1.09. The maximum Gasteiger partial charge on any atom is 0.573 e. The molecule has 0 spiro atoms. The highest BCUT2D eigenvalue weighted by Crippen LogP contribution is 2.22. The first-order valence-corrected chi connectivity index (χ1v) is 5.70. The second-order valence-corrected chi connectivity index (χ2v) is 3.98. The number of hydrogen-bond acceptors (Lipinski definition) is 5. The topological polar surface area (TPSA) is 90.7 Å². The van der Waals surface area contributed by atoms with E-state index in [2.05, 4.69) is 9.47 Å². The number of rotatable bonds is 4. The Morgan fingerprint density at radius 1 is 1.29 bits per heavy atom. The van der Waals surface area contributed by atoms with E-state index in [1.807, 2.05) is 5.32 Å². The molecule has 0 saturated carbocycles. The normalized spacial score (nSPS) is 12.4. The number of nitrogens with two attached hydrogens (primary N) is 1. The lowest BCUT2D eigenvalue weighted by atomic mass is 10.1. The van der Waals surface area contributed by atoms with Gasteiger partial charge in [0, 0.05) is 0 Å². The van der Waals surface area contributed by atoms with Crippen molar-refractivity contribution in [3.8, 4) is 5.75 Å². The highest BCUT2D eigenvalue weighted by molar-refractivity contribution is 5.94. The number of halogens is 3. The molecule has 1 atom stereocenters. The van der Waals surface area contributed by atoms with Crippen LogP contribution in [0.15, 0.2) is 24.3 Å².